The fraction of sp³-hybridized carbons (Fsp3) is 0.143. The third-order valence-corrected chi connectivity index (χ3v) is 3.91. The number of H-pyrrole nitrogens is 1. The fourth-order valence-corrected chi connectivity index (χ4v) is 2.73. The number of aliphatic hydroxyl groups is 1. The van der Waals surface area contributed by atoms with Crippen LogP contribution in [0.1, 0.15) is 0 Å². The zero-order valence-electron chi connectivity index (χ0n) is 11.5. The van der Waals surface area contributed by atoms with E-state index in [1.165, 1.54) is 17.4 Å². The topological polar surface area (TPSA) is 110 Å². The first-order valence-corrected chi connectivity index (χ1v) is 7.47. The van der Waals surface area contributed by atoms with E-state index in [0.717, 1.165) is 0 Å². The number of aliphatic hydroxyl groups excluding tert-OH is 1. The Morgan fingerprint density at radius 3 is 2.95 bits per heavy atom. The van der Waals surface area contributed by atoms with Gasteiger partial charge in [-0.3, -0.25) is 9.78 Å². The zero-order chi connectivity index (χ0) is 15.5. The summed E-state index contributed by atoms with van der Waals surface area (Å²) < 4.78 is 0.568. The molecule has 1 aromatic carbocycles. The number of hydrogen-bond acceptors (Lipinski definition) is 7. The number of phenolic OH excluding ortho intramolecular Hbond substituents is 1. The van der Waals surface area contributed by atoms with E-state index in [1.54, 1.807) is 23.6 Å². The van der Waals surface area contributed by atoms with Gasteiger partial charge in [-0.1, -0.05) is 0 Å². The van der Waals surface area contributed by atoms with Gasteiger partial charge >= 0.3 is 0 Å². The number of benzene rings is 1. The lowest BCUT2D eigenvalue weighted by atomic mass is 10.2. The molecular formula is C14H14N4O3S. The van der Waals surface area contributed by atoms with Crippen LogP contribution in [0.15, 0.2) is 34.4 Å². The first-order valence-electron chi connectivity index (χ1n) is 6.59. The van der Waals surface area contributed by atoms with Gasteiger partial charge in [0.1, 0.15) is 10.4 Å². The van der Waals surface area contributed by atoms with Crippen LogP contribution in [0.5, 0.6) is 5.75 Å². The van der Waals surface area contributed by atoms with Gasteiger partial charge in [0.2, 0.25) is 5.95 Å². The van der Waals surface area contributed by atoms with Gasteiger partial charge in [0.05, 0.1) is 17.8 Å². The van der Waals surface area contributed by atoms with Gasteiger partial charge in [-0.25, -0.2) is 4.98 Å². The SMILES string of the molecule is O=c1[nH]c(Nc2ccc(NCCO)cc2O)nc2ccsc12. The number of hydrogen-bond donors (Lipinski definition) is 5. The molecule has 0 amide bonds. The molecule has 3 rings (SSSR count). The van der Waals surface area contributed by atoms with Crippen molar-refractivity contribution >= 4 is 38.9 Å². The van der Waals surface area contributed by atoms with E-state index < -0.39 is 0 Å². The van der Waals surface area contributed by atoms with E-state index >= 15 is 0 Å². The van der Waals surface area contributed by atoms with Gasteiger partial charge in [0.25, 0.3) is 5.56 Å². The van der Waals surface area contributed by atoms with Crippen LogP contribution in [0.4, 0.5) is 17.3 Å². The Morgan fingerprint density at radius 1 is 1.32 bits per heavy atom. The number of aromatic amines is 1. The fourth-order valence-electron chi connectivity index (χ4n) is 2.01. The maximum absolute atomic E-state index is 11.9. The van der Waals surface area contributed by atoms with E-state index in [9.17, 15) is 9.90 Å². The van der Waals surface area contributed by atoms with Crippen LogP contribution in [0.25, 0.3) is 10.2 Å². The average Bonchev–Trinajstić information content (AvgIpc) is 2.96. The zero-order valence-corrected chi connectivity index (χ0v) is 12.3. The van der Waals surface area contributed by atoms with E-state index in [0.29, 0.717) is 28.1 Å². The number of thiophene rings is 1. The molecule has 8 heteroatoms. The number of nitrogens with zero attached hydrogens (tertiary/aromatic N) is 1. The maximum atomic E-state index is 11.9. The van der Waals surface area contributed by atoms with Crippen LogP contribution >= 0.6 is 11.3 Å². The lowest BCUT2D eigenvalue weighted by Gasteiger charge is -2.10. The highest BCUT2D eigenvalue weighted by Crippen LogP contribution is 2.28. The summed E-state index contributed by atoms with van der Waals surface area (Å²) >= 11 is 1.33. The third kappa shape index (κ3) is 2.87. The summed E-state index contributed by atoms with van der Waals surface area (Å²) in [5, 5.41) is 26.4. The van der Waals surface area contributed by atoms with Crippen LogP contribution in [0, 0.1) is 0 Å². The minimum absolute atomic E-state index is 0.00652. The smallest absolute Gasteiger partial charge is 0.270 e. The minimum Gasteiger partial charge on any atom is -0.506 e. The summed E-state index contributed by atoms with van der Waals surface area (Å²) in [5.74, 6) is 0.276. The molecule has 0 saturated carbocycles. The van der Waals surface area contributed by atoms with Gasteiger partial charge < -0.3 is 20.8 Å². The molecule has 2 aromatic heterocycles. The predicted octanol–water partition coefficient (Wildman–Crippen LogP) is 1.84. The maximum Gasteiger partial charge on any atom is 0.270 e. The molecule has 5 N–H and O–H groups in total. The quantitative estimate of drug-likeness (QED) is 0.459. The number of rotatable bonds is 5. The number of aromatic nitrogens is 2. The summed E-state index contributed by atoms with van der Waals surface area (Å²) in [6.45, 7) is 0.405. The van der Waals surface area contributed by atoms with Crippen molar-refractivity contribution in [2.24, 2.45) is 0 Å². The predicted molar refractivity (Wildman–Crippen MR) is 87.2 cm³/mol. The molecular weight excluding hydrogens is 304 g/mol. The molecule has 0 aliphatic carbocycles. The molecule has 0 fully saturated rings. The second kappa shape index (κ2) is 6.04. The van der Waals surface area contributed by atoms with Crippen LogP contribution in [-0.4, -0.2) is 33.3 Å². The Labute approximate surface area is 129 Å². The number of aromatic hydroxyl groups is 1. The number of fused-ring (bicyclic) bond motifs is 1. The highest BCUT2D eigenvalue weighted by Gasteiger charge is 2.08. The summed E-state index contributed by atoms with van der Waals surface area (Å²) in [7, 11) is 0. The number of anilines is 3. The Bertz CT molecular complexity index is 859. The molecule has 0 spiro atoms. The molecule has 0 bridgehead atoms. The monoisotopic (exact) mass is 318 g/mol. The van der Waals surface area contributed by atoms with Crippen molar-refractivity contribution in [1.82, 2.24) is 9.97 Å². The van der Waals surface area contributed by atoms with E-state index in [2.05, 4.69) is 20.6 Å². The normalized spacial score (nSPS) is 10.8. The summed E-state index contributed by atoms with van der Waals surface area (Å²) in [5.41, 5.74) is 1.50. The number of phenols is 1. The molecule has 3 aromatic rings. The summed E-state index contributed by atoms with van der Waals surface area (Å²) in [6, 6.07) is 6.70. The Morgan fingerprint density at radius 2 is 2.18 bits per heavy atom. The second-order valence-corrected chi connectivity index (χ2v) is 5.47. The van der Waals surface area contributed by atoms with Crippen molar-refractivity contribution < 1.29 is 10.2 Å². The van der Waals surface area contributed by atoms with Crippen molar-refractivity contribution in [3.8, 4) is 5.75 Å². The Balaban J connectivity index is 1.86. The largest absolute Gasteiger partial charge is 0.506 e. The van der Waals surface area contributed by atoms with Crippen LogP contribution in [-0.2, 0) is 0 Å². The third-order valence-electron chi connectivity index (χ3n) is 3.01. The molecule has 0 saturated heterocycles. The molecule has 0 unspecified atom stereocenters. The summed E-state index contributed by atoms with van der Waals surface area (Å²) in [4.78, 5) is 18.8. The molecule has 2 heterocycles. The first kappa shape index (κ1) is 14.4. The highest BCUT2D eigenvalue weighted by atomic mass is 32.1. The van der Waals surface area contributed by atoms with Gasteiger partial charge in [-0.15, -0.1) is 11.3 Å². The Hall–Kier alpha value is -2.58. The van der Waals surface area contributed by atoms with Crippen molar-refractivity contribution in [2.45, 2.75) is 0 Å². The van der Waals surface area contributed by atoms with Crippen molar-refractivity contribution in [3.05, 3.63) is 40.0 Å². The van der Waals surface area contributed by atoms with E-state index in [1.807, 2.05) is 0 Å². The average molecular weight is 318 g/mol. The lowest BCUT2D eigenvalue weighted by Crippen LogP contribution is -2.10. The Kier molecular flexibility index (Phi) is 3.94. The molecule has 0 aliphatic heterocycles. The number of nitrogens with one attached hydrogen (secondary N) is 3. The second-order valence-electron chi connectivity index (χ2n) is 4.56. The van der Waals surface area contributed by atoms with Gasteiger partial charge in [-0.05, 0) is 23.6 Å². The highest BCUT2D eigenvalue weighted by molar-refractivity contribution is 7.17. The van der Waals surface area contributed by atoms with E-state index in [4.69, 9.17) is 5.11 Å². The van der Waals surface area contributed by atoms with Gasteiger partial charge in [0, 0.05) is 18.3 Å². The molecule has 114 valence electrons. The standard InChI is InChI=1S/C14H14N4O3S/c19-5-4-15-8-1-2-9(11(20)7-8)16-14-17-10-3-6-22-12(10)13(21)18-14/h1-3,6-7,15,19-20H,4-5H2,(H2,16,17,18,21). The first-order chi connectivity index (χ1) is 10.7. The molecule has 0 aliphatic rings. The van der Waals surface area contributed by atoms with Gasteiger partial charge in [-0.2, -0.15) is 0 Å². The van der Waals surface area contributed by atoms with Gasteiger partial charge in [0.15, 0.2) is 0 Å². The minimum atomic E-state index is -0.219. The van der Waals surface area contributed by atoms with Crippen LogP contribution < -0.4 is 16.2 Å². The molecule has 0 atom stereocenters. The molecule has 0 radical (unpaired) electrons. The van der Waals surface area contributed by atoms with Crippen molar-refractivity contribution in [2.75, 3.05) is 23.8 Å². The summed E-state index contributed by atoms with van der Waals surface area (Å²) in [6.07, 6.45) is 0. The van der Waals surface area contributed by atoms with E-state index in [-0.39, 0.29) is 23.9 Å². The lowest BCUT2D eigenvalue weighted by molar-refractivity contribution is 0.311. The molecule has 7 nitrogen and oxygen atoms in total. The van der Waals surface area contributed by atoms with Crippen LogP contribution in [0.3, 0.4) is 0 Å². The van der Waals surface area contributed by atoms with Crippen molar-refractivity contribution in [1.29, 1.82) is 0 Å². The van der Waals surface area contributed by atoms with Crippen molar-refractivity contribution in [3.63, 3.8) is 0 Å². The molecule has 22 heavy (non-hydrogen) atoms. The van der Waals surface area contributed by atoms with Crippen LogP contribution in [0.2, 0.25) is 0 Å².